The van der Waals surface area contributed by atoms with E-state index in [2.05, 4.69) is 0 Å². The van der Waals surface area contributed by atoms with Gasteiger partial charge in [-0.2, -0.15) is 17.5 Å². The number of carboxylic acid groups (broad SMARTS) is 1. The Labute approximate surface area is 111 Å². The highest BCUT2D eigenvalue weighted by Crippen LogP contribution is 2.27. The maximum atomic E-state index is 12.3. The van der Waals surface area contributed by atoms with E-state index in [1.54, 1.807) is 0 Å². The lowest BCUT2D eigenvalue weighted by atomic mass is 10.5. The summed E-state index contributed by atoms with van der Waals surface area (Å²) in [5.41, 5.74) is 0. The van der Waals surface area contributed by atoms with Crippen molar-refractivity contribution in [1.82, 2.24) is 4.31 Å². The Hall–Kier alpha value is -1.13. The van der Waals surface area contributed by atoms with Crippen molar-refractivity contribution < 1.29 is 31.5 Å². The van der Waals surface area contributed by atoms with E-state index in [1.807, 2.05) is 0 Å². The number of hydrogen-bond donors (Lipinski definition) is 1. The molecule has 0 aliphatic heterocycles. The molecule has 1 N–H and O–H groups in total. The van der Waals surface area contributed by atoms with Gasteiger partial charge in [-0.3, -0.25) is 0 Å². The zero-order chi connectivity index (χ0) is 14.8. The summed E-state index contributed by atoms with van der Waals surface area (Å²) in [5.74, 6) is -1.49. The molecule has 0 unspecified atom stereocenters. The van der Waals surface area contributed by atoms with Crippen molar-refractivity contribution in [3.8, 4) is 0 Å². The van der Waals surface area contributed by atoms with Gasteiger partial charge in [0.25, 0.3) is 0 Å². The van der Waals surface area contributed by atoms with E-state index in [0.29, 0.717) is 11.3 Å². The summed E-state index contributed by atoms with van der Waals surface area (Å²) in [7, 11) is -4.47. The zero-order valence-corrected chi connectivity index (χ0v) is 11.3. The average Bonchev–Trinajstić information content (AvgIpc) is 2.73. The van der Waals surface area contributed by atoms with Crippen LogP contribution in [0.1, 0.15) is 16.6 Å². The Morgan fingerprint density at radius 1 is 1.47 bits per heavy atom. The molecule has 1 aromatic heterocycles. The van der Waals surface area contributed by atoms with Crippen molar-refractivity contribution in [2.45, 2.75) is 18.0 Å². The monoisotopic (exact) mass is 317 g/mol. The van der Waals surface area contributed by atoms with Crippen LogP contribution in [0.3, 0.4) is 0 Å². The Bertz CT molecular complexity index is 564. The first-order valence-electron chi connectivity index (χ1n) is 4.97. The number of sulfonamides is 1. The first kappa shape index (κ1) is 15.9. The number of alkyl halides is 3. The first-order chi connectivity index (χ1) is 8.59. The number of rotatable bonds is 5. The molecule has 0 aromatic carbocycles. The van der Waals surface area contributed by atoms with E-state index in [9.17, 15) is 26.4 Å². The first-order valence-corrected chi connectivity index (χ1v) is 7.29. The summed E-state index contributed by atoms with van der Waals surface area (Å²) in [6, 6.07) is 0.989. The normalized spacial score (nSPS) is 12.9. The van der Waals surface area contributed by atoms with Crippen LogP contribution in [0.4, 0.5) is 13.2 Å². The van der Waals surface area contributed by atoms with Crippen LogP contribution in [0.5, 0.6) is 0 Å². The van der Waals surface area contributed by atoms with Crippen molar-refractivity contribution in [2.24, 2.45) is 0 Å². The van der Waals surface area contributed by atoms with Crippen molar-refractivity contribution >= 4 is 27.3 Å². The van der Waals surface area contributed by atoms with E-state index in [4.69, 9.17) is 5.11 Å². The van der Waals surface area contributed by atoms with Crippen molar-refractivity contribution in [3.05, 3.63) is 16.3 Å². The van der Waals surface area contributed by atoms with Gasteiger partial charge in [0.2, 0.25) is 10.0 Å². The maximum Gasteiger partial charge on any atom is 0.402 e. The second kappa shape index (κ2) is 5.47. The summed E-state index contributed by atoms with van der Waals surface area (Å²) >= 11 is 0.644. The van der Waals surface area contributed by atoms with E-state index in [1.165, 1.54) is 12.3 Å². The Morgan fingerprint density at radius 2 is 2.05 bits per heavy atom. The molecule has 19 heavy (non-hydrogen) atoms. The molecule has 0 fully saturated rings. The Balaban J connectivity index is 3.21. The molecule has 1 aromatic rings. The Kier molecular flexibility index (Phi) is 4.59. The molecule has 108 valence electrons. The number of halogens is 3. The lowest BCUT2D eigenvalue weighted by Gasteiger charge is -2.21. The lowest BCUT2D eigenvalue weighted by molar-refractivity contribution is -0.135. The van der Waals surface area contributed by atoms with Gasteiger partial charge in [0.15, 0.2) is 0 Å². The Morgan fingerprint density at radius 3 is 2.47 bits per heavy atom. The van der Waals surface area contributed by atoms with E-state index in [-0.39, 0.29) is 4.31 Å². The number of aromatic carboxylic acids is 1. The number of carboxylic acids is 1. The molecule has 0 spiro atoms. The highest BCUT2D eigenvalue weighted by atomic mass is 32.2. The van der Waals surface area contributed by atoms with E-state index < -0.39 is 45.0 Å². The molecule has 1 rings (SSSR count). The topological polar surface area (TPSA) is 74.7 Å². The molecule has 0 atom stereocenters. The van der Waals surface area contributed by atoms with Gasteiger partial charge in [0, 0.05) is 6.54 Å². The highest BCUT2D eigenvalue weighted by molar-refractivity contribution is 7.89. The summed E-state index contributed by atoms with van der Waals surface area (Å²) in [4.78, 5) is 9.72. The van der Waals surface area contributed by atoms with Crippen molar-refractivity contribution in [2.75, 3.05) is 13.1 Å². The molecular weight excluding hydrogens is 307 g/mol. The van der Waals surface area contributed by atoms with Crippen LogP contribution in [-0.2, 0) is 10.0 Å². The minimum Gasteiger partial charge on any atom is -0.477 e. The molecule has 0 radical (unpaired) electrons. The average molecular weight is 317 g/mol. The van der Waals surface area contributed by atoms with Gasteiger partial charge in [-0.15, -0.1) is 11.3 Å². The number of thiophene rings is 1. The van der Waals surface area contributed by atoms with Crippen LogP contribution in [0.25, 0.3) is 0 Å². The van der Waals surface area contributed by atoms with Gasteiger partial charge in [0.1, 0.15) is 16.3 Å². The third-order valence-corrected chi connectivity index (χ3v) is 5.14. The summed E-state index contributed by atoms with van der Waals surface area (Å²) in [5, 5.41) is 10.0. The fraction of sp³-hybridized carbons (Fsp3) is 0.444. The third kappa shape index (κ3) is 3.67. The van der Waals surface area contributed by atoms with E-state index >= 15 is 0 Å². The second-order valence-electron chi connectivity index (χ2n) is 3.47. The largest absolute Gasteiger partial charge is 0.477 e. The molecule has 0 bridgehead atoms. The SMILES string of the molecule is CCN(CC(F)(F)F)S(=O)(=O)c1ccsc1C(=O)O. The number of nitrogens with zero attached hydrogens (tertiary/aromatic N) is 1. The smallest absolute Gasteiger partial charge is 0.402 e. The fourth-order valence-corrected chi connectivity index (χ4v) is 4.03. The van der Waals surface area contributed by atoms with Crippen molar-refractivity contribution in [3.63, 3.8) is 0 Å². The predicted molar refractivity (Wildman–Crippen MR) is 61.8 cm³/mol. The minimum absolute atomic E-state index is 0.196. The van der Waals surface area contributed by atoms with Gasteiger partial charge in [-0.1, -0.05) is 6.92 Å². The summed E-state index contributed by atoms with van der Waals surface area (Å²) < 4.78 is 61.1. The van der Waals surface area contributed by atoms with Gasteiger partial charge in [0.05, 0.1) is 0 Å². The third-order valence-electron chi connectivity index (χ3n) is 2.15. The standard InChI is InChI=1S/C9H10F3NO4S2/c1-2-13(5-9(10,11)12)19(16,17)6-3-4-18-7(6)8(14)15/h3-4H,2,5H2,1H3,(H,14,15). The molecule has 0 aliphatic rings. The fourth-order valence-electron chi connectivity index (χ4n) is 1.36. The molecule has 1 heterocycles. The lowest BCUT2D eigenvalue weighted by Crippen LogP contribution is -2.39. The highest BCUT2D eigenvalue weighted by Gasteiger charge is 2.37. The maximum absolute atomic E-state index is 12.3. The molecular formula is C9H10F3NO4S2. The van der Waals surface area contributed by atoms with Crippen LogP contribution in [-0.4, -0.2) is 43.1 Å². The molecule has 0 aliphatic carbocycles. The molecule has 0 saturated heterocycles. The number of hydrogen-bond acceptors (Lipinski definition) is 4. The minimum atomic E-state index is -4.69. The van der Waals surface area contributed by atoms with Crippen LogP contribution in [0.15, 0.2) is 16.3 Å². The summed E-state index contributed by atoms with van der Waals surface area (Å²) in [6.07, 6.45) is -4.69. The zero-order valence-electron chi connectivity index (χ0n) is 9.64. The molecule has 0 saturated carbocycles. The van der Waals surface area contributed by atoms with Crippen molar-refractivity contribution in [1.29, 1.82) is 0 Å². The predicted octanol–water partition coefficient (Wildman–Crippen LogP) is 2.02. The molecule has 10 heteroatoms. The van der Waals surface area contributed by atoms with Gasteiger partial charge >= 0.3 is 12.1 Å². The molecule has 0 amide bonds. The second-order valence-corrected chi connectivity index (χ2v) is 6.29. The number of carbonyl (C=O) groups is 1. The van der Waals surface area contributed by atoms with Crippen LogP contribution < -0.4 is 0 Å². The van der Waals surface area contributed by atoms with E-state index in [0.717, 1.165) is 6.07 Å². The van der Waals surface area contributed by atoms with Gasteiger partial charge in [-0.25, -0.2) is 13.2 Å². The quantitative estimate of drug-likeness (QED) is 0.901. The van der Waals surface area contributed by atoms with Crippen LogP contribution in [0.2, 0.25) is 0 Å². The van der Waals surface area contributed by atoms with Crippen LogP contribution >= 0.6 is 11.3 Å². The van der Waals surface area contributed by atoms with Gasteiger partial charge in [-0.05, 0) is 11.4 Å². The van der Waals surface area contributed by atoms with Crippen LogP contribution in [0, 0.1) is 0 Å². The molecule has 5 nitrogen and oxygen atoms in total. The summed E-state index contributed by atoms with van der Waals surface area (Å²) in [6.45, 7) is -0.812. The van der Waals surface area contributed by atoms with Gasteiger partial charge < -0.3 is 5.11 Å².